The van der Waals surface area contributed by atoms with Crippen LogP contribution in [-0.4, -0.2) is 16.9 Å². The topological polar surface area (TPSA) is 57.6 Å². The molecule has 0 aromatic heterocycles. The standard InChI is InChI=1S/C14H11NO3/c16-10-6-7-11-12(8-10)14(18)15(13(11)17)9-4-2-1-3-5-9/h1-7,12,16H,8H2/t12-/m1/s1. The van der Waals surface area contributed by atoms with Gasteiger partial charge >= 0.3 is 0 Å². The molecule has 0 bridgehead atoms. The van der Waals surface area contributed by atoms with Crippen molar-refractivity contribution >= 4 is 17.5 Å². The average Bonchev–Trinajstić information content (AvgIpc) is 2.63. The highest BCUT2D eigenvalue weighted by Crippen LogP contribution is 2.35. The molecule has 1 aliphatic heterocycles. The van der Waals surface area contributed by atoms with Crippen LogP contribution >= 0.6 is 0 Å². The van der Waals surface area contributed by atoms with Gasteiger partial charge in [0.1, 0.15) is 0 Å². The number of carbonyl (C=O) groups is 2. The summed E-state index contributed by atoms with van der Waals surface area (Å²) < 4.78 is 0. The Bertz CT molecular complexity index is 586. The summed E-state index contributed by atoms with van der Waals surface area (Å²) in [5.41, 5.74) is 1.03. The molecule has 18 heavy (non-hydrogen) atoms. The number of carbonyl (C=O) groups excluding carboxylic acids is 2. The summed E-state index contributed by atoms with van der Waals surface area (Å²) in [6.45, 7) is 0. The molecule has 4 nitrogen and oxygen atoms in total. The monoisotopic (exact) mass is 241 g/mol. The van der Waals surface area contributed by atoms with Crippen molar-refractivity contribution in [3.63, 3.8) is 0 Å². The lowest BCUT2D eigenvalue weighted by Gasteiger charge is -2.14. The molecule has 1 aromatic carbocycles. The Morgan fingerprint density at radius 3 is 2.56 bits per heavy atom. The van der Waals surface area contributed by atoms with Crippen LogP contribution in [0.2, 0.25) is 0 Å². The van der Waals surface area contributed by atoms with Crippen molar-refractivity contribution in [3.05, 3.63) is 53.8 Å². The molecule has 0 saturated carbocycles. The second-order valence-electron chi connectivity index (χ2n) is 4.35. The Balaban J connectivity index is 2.03. The number of amides is 2. The molecule has 2 aliphatic rings. The van der Waals surface area contributed by atoms with Crippen LogP contribution in [0.25, 0.3) is 0 Å². The average molecular weight is 241 g/mol. The number of fused-ring (bicyclic) bond motifs is 1. The van der Waals surface area contributed by atoms with Gasteiger partial charge in [-0.3, -0.25) is 9.59 Å². The van der Waals surface area contributed by atoms with Gasteiger partial charge in [-0.05, 0) is 24.3 Å². The number of hydrogen-bond donors (Lipinski definition) is 1. The Morgan fingerprint density at radius 1 is 1.11 bits per heavy atom. The zero-order valence-electron chi connectivity index (χ0n) is 9.54. The number of benzene rings is 1. The van der Waals surface area contributed by atoms with E-state index in [4.69, 9.17) is 0 Å². The van der Waals surface area contributed by atoms with Gasteiger partial charge in [0.25, 0.3) is 5.91 Å². The van der Waals surface area contributed by atoms with E-state index in [1.165, 1.54) is 17.1 Å². The molecule has 1 aromatic rings. The second-order valence-corrected chi connectivity index (χ2v) is 4.35. The third-order valence-corrected chi connectivity index (χ3v) is 3.23. The molecule has 0 spiro atoms. The first kappa shape index (κ1) is 10.8. The van der Waals surface area contributed by atoms with Crippen molar-refractivity contribution in [1.29, 1.82) is 0 Å². The number of aliphatic hydroxyl groups is 1. The van der Waals surface area contributed by atoms with E-state index in [0.717, 1.165) is 0 Å². The minimum atomic E-state index is -0.539. The summed E-state index contributed by atoms with van der Waals surface area (Å²) in [5, 5.41) is 9.45. The van der Waals surface area contributed by atoms with Crippen molar-refractivity contribution in [2.24, 2.45) is 5.92 Å². The summed E-state index contributed by atoms with van der Waals surface area (Å²) in [6.07, 6.45) is 3.22. The molecule has 1 atom stereocenters. The van der Waals surface area contributed by atoms with E-state index in [2.05, 4.69) is 0 Å². The minimum absolute atomic E-state index is 0.139. The van der Waals surface area contributed by atoms with E-state index in [0.29, 0.717) is 11.3 Å². The molecule has 0 radical (unpaired) electrons. The van der Waals surface area contributed by atoms with Crippen LogP contribution in [0.1, 0.15) is 6.42 Å². The van der Waals surface area contributed by atoms with E-state index >= 15 is 0 Å². The molecule has 0 unspecified atom stereocenters. The lowest BCUT2D eigenvalue weighted by molar-refractivity contribution is -0.122. The van der Waals surface area contributed by atoms with E-state index in [1.807, 2.05) is 6.07 Å². The zero-order chi connectivity index (χ0) is 12.7. The highest BCUT2D eigenvalue weighted by atomic mass is 16.3. The van der Waals surface area contributed by atoms with Gasteiger partial charge in [0, 0.05) is 12.0 Å². The maximum atomic E-state index is 12.2. The summed E-state index contributed by atoms with van der Waals surface area (Å²) in [6, 6.07) is 8.83. The third kappa shape index (κ3) is 1.46. The predicted molar refractivity (Wildman–Crippen MR) is 65.8 cm³/mol. The second kappa shape index (κ2) is 3.84. The van der Waals surface area contributed by atoms with Crippen molar-refractivity contribution in [3.8, 4) is 0 Å². The molecule has 1 heterocycles. The molecule has 2 amide bonds. The molecule has 1 saturated heterocycles. The fraction of sp³-hybridized carbons (Fsp3) is 0.143. The number of allylic oxidation sites excluding steroid dienone is 3. The van der Waals surface area contributed by atoms with Crippen LogP contribution < -0.4 is 4.90 Å². The smallest absolute Gasteiger partial charge is 0.261 e. The number of imide groups is 1. The largest absolute Gasteiger partial charge is 0.512 e. The first-order valence-electron chi connectivity index (χ1n) is 5.71. The summed E-state index contributed by atoms with van der Waals surface area (Å²) in [5.74, 6) is -0.959. The Morgan fingerprint density at radius 2 is 1.83 bits per heavy atom. The van der Waals surface area contributed by atoms with Crippen LogP contribution in [0.4, 0.5) is 5.69 Å². The maximum absolute atomic E-state index is 12.2. The van der Waals surface area contributed by atoms with Crippen molar-refractivity contribution in [1.82, 2.24) is 0 Å². The van der Waals surface area contributed by atoms with E-state index in [1.54, 1.807) is 24.3 Å². The van der Waals surface area contributed by atoms with Crippen LogP contribution in [0.15, 0.2) is 53.8 Å². The third-order valence-electron chi connectivity index (χ3n) is 3.23. The van der Waals surface area contributed by atoms with Gasteiger partial charge in [-0.1, -0.05) is 18.2 Å². The fourth-order valence-corrected chi connectivity index (χ4v) is 2.34. The molecule has 1 N–H and O–H groups in total. The Labute approximate surface area is 104 Å². The molecule has 1 aliphatic carbocycles. The van der Waals surface area contributed by atoms with Gasteiger partial charge in [0.05, 0.1) is 17.4 Å². The first-order valence-corrected chi connectivity index (χ1v) is 5.71. The van der Waals surface area contributed by atoms with Crippen molar-refractivity contribution in [2.45, 2.75) is 6.42 Å². The molecular formula is C14H11NO3. The number of para-hydroxylation sites is 1. The number of hydrogen-bond acceptors (Lipinski definition) is 3. The highest BCUT2D eigenvalue weighted by Gasteiger charge is 2.44. The molecule has 4 heteroatoms. The highest BCUT2D eigenvalue weighted by molar-refractivity contribution is 6.29. The normalized spacial score (nSPS) is 22.7. The molecular weight excluding hydrogens is 230 g/mol. The first-order chi connectivity index (χ1) is 8.68. The lowest BCUT2D eigenvalue weighted by Crippen LogP contribution is -2.30. The number of anilines is 1. The maximum Gasteiger partial charge on any atom is 0.261 e. The van der Waals surface area contributed by atoms with Gasteiger partial charge in [-0.15, -0.1) is 0 Å². The fourth-order valence-electron chi connectivity index (χ4n) is 2.34. The van der Waals surface area contributed by atoms with Crippen LogP contribution in [0.5, 0.6) is 0 Å². The molecule has 90 valence electrons. The van der Waals surface area contributed by atoms with Crippen molar-refractivity contribution < 1.29 is 14.7 Å². The summed E-state index contributed by atoms with van der Waals surface area (Å²) >= 11 is 0. The van der Waals surface area contributed by atoms with Gasteiger partial charge in [-0.25, -0.2) is 4.90 Å². The van der Waals surface area contributed by atoms with Gasteiger partial charge in [-0.2, -0.15) is 0 Å². The number of nitrogens with zero attached hydrogens (tertiary/aromatic N) is 1. The van der Waals surface area contributed by atoms with E-state index in [-0.39, 0.29) is 24.0 Å². The lowest BCUT2D eigenvalue weighted by atomic mass is 9.93. The quantitative estimate of drug-likeness (QED) is 0.764. The Kier molecular flexibility index (Phi) is 2.30. The van der Waals surface area contributed by atoms with Gasteiger partial charge in [0.2, 0.25) is 5.91 Å². The summed E-state index contributed by atoms with van der Waals surface area (Å²) in [7, 11) is 0. The number of aliphatic hydroxyl groups excluding tert-OH is 1. The van der Waals surface area contributed by atoms with Crippen LogP contribution in [-0.2, 0) is 9.59 Å². The summed E-state index contributed by atoms with van der Waals surface area (Å²) in [4.78, 5) is 25.6. The number of rotatable bonds is 1. The SMILES string of the molecule is O=C1C2=CC=C(O)C[C@H]2C(=O)N1c1ccccc1. The minimum Gasteiger partial charge on any atom is -0.512 e. The molecule has 3 rings (SSSR count). The van der Waals surface area contributed by atoms with Crippen LogP contribution in [0.3, 0.4) is 0 Å². The zero-order valence-corrected chi connectivity index (χ0v) is 9.54. The van der Waals surface area contributed by atoms with Gasteiger partial charge < -0.3 is 5.11 Å². The molecule has 1 fully saturated rings. The van der Waals surface area contributed by atoms with Gasteiger partial charge in [0.15, 0.2) is 0 Å². The Hall–Kier alpha value is -2.36. The van der Waals surface area contributed by atoms with E-state index < -0.39 is 5.92 Å². The van der Waals surface area contributed by atoms with E-state index in [9.17, 15) is 14.7 Å². The van der Waals surface area contributed by atoms with Crippen molar-refractivity contribution in [2.75, 3.05) is 4.90 Å². The van der Waals surface area contributed by atoms with Crippen LogP contribution in [0, 0.1) is 5.92 Å². The predicted octanol–water partition coefficient (Wildman–Crippen LogP) is 1.95.